The number of methoxy groups -OCH3 is 1. The van der Waals surface area contributed by atoms with Gasteiger partial charge in [-0.3, -0.25) is 9.69 Å². The summed E-state index contributed by atoms with van der Waals surface area (Å²) >= 11 is 0. The van der Waals surface area contributed by atoms with E-state index in [1.165, 1.54) is 6.42 Å². The first-order valence-corrected chi connectivity index (χ1v) is 11.9. The summed E-state index contributed by atoms with van der Waals surface area (Å²) in [7, 11) is 1.58. The monoisotopic (exact) mass is 471 g/mol. The van der Waals surface area contributed by atoms with Crippen LogP contribution in [0.25, 0.3) is 33.5 Å². The summed E-state index contributed by atoms with van der Waals surface area (Å²) in [5.74, 6) is 1.03. The molecule has 2 aromatic carbocycles. The molecule has 0 bridgehead atoms. The Bertz CT molecular complexity index is 1370. The number of aromatic nitrogens is 3. The van der Waals surface area contributed by atoms with Crippen molar-refractivity contribution in [1.82, 2.24) is 25.2 Å². The second-order valence-electron chi connectivity index (χ2n) is 8.74. The van der Waals surface area contributed by atoms with Gasteiger partial charge in [0.05, 0.1) is 23.7 Å². The molecule has 35 heavy (non-hydrogen) atoms. The van der Waals surface area contributed by atoms with Crippen LogP contribution in [0, 0.1) is 0 Å². The lowest BCUT2D eigenvalue weighted by molar-refractivity contribution is 0.0941. The highest BCUT2D eigenvalue weighted by Gasteiger charge is 2.23. The largest absolute Gasteiger partial charge is 0.507 e. The van der Waals surface area contributed by atoms with Gasteiger partial charge in [0, 0.05) is 29.9 Å². The van der Waals surface area contributed by atoms with Crippen molar-refractivity contribution in [3.05, 3.63) is 60.3 Å². The van der Waals surface area contributed by atoms with Crippen LogP contribution in [0.2, 0.25) is 0 Å². The van der Waals surface area contributed by atoms with Crippen molar-refractivity contribution >= 4 is 16.9 Å². The maximum atomic E-state index is 12.8. The second kappa shape index (κ2) is 9.76. The molecular formula is C27H29N5O3. The maximum Gasteiger partial charge on any atom is 0.251 e. The number of imidazole rings is 1. The molecular weight excluding hydrogens is 442 g/mol. The number of nitrogens with one attached hydrogen (secondary N) is 2. The van der Waals surface area contributed by atoms with Crippen LogP contribution in [0.3, 0.4) is 0 Å². The minimum absolute atomic E-state index is 0.0977. The molecule has 1 unspecified atom stereocenters. The molecule has 1 aliphatic heterocycles. The molecule has 180 valence electrons. The number of aromatic hydroxyl groups is 1. The summed E-state index contributed by atoms with van der Waals surface area (Å²) in [5, 5.41) is 13.7. The molecule has 0 radical (unpaired) electrons. The van der Waals surface area contributed by atoms with Crippen LogP contribution >= 0.6 is 0 Å². The smallest absolute Gasteiger partial charge is 0.251 e. The number of amides is 1. The Morgan fingerprint density at radius 3 is 2.94 bits per heavy atom. The van der Waals surface area contributed by atoms with E-state index < -0.39 is 0 Å². The highest BCUT2D eigenvalue weighted by atomic mass is 16.5. The van der Waals surface area contributed by atoms with Gasteiger partial charge >= 0.3 is 0 Å². The van der Waals surface area contributed by atoms with Crippen LogP contribution in [0.5, 0.6) is 11.6 Å². The number of hydrogen-bond acceptors (Lipinski definition) is 6. The van der Waals surface area contributed by atoms with Gasteiger partial charge in [0.1, 0.15) is 11.6 Å². The summed E-state index contributed by atoms with van der Waals surface area (Å²) in [5.41, 5.74) is 4.23. The van der Waals surface area contributed by atoms with E-state index in [0.29, 0.717) is 40.9 Å². The Morgan fingerprint density at radius 2 is 2.11 bits per heavy atom. The Labute approximate surface area is 204 Å². The van der Waals surface area contributed by atoms with Crippen LogP contribution < -0.4 is 10.1 Å². The zero-order chi connectivity index (χ0) is 24.4. The summed E-state index contributed by atoms with van der Waals surface area (Å²) < 4.78 is 5.39. The molecule has 8 heteroatoms. The third-order valence-electron chi connectivity index (χ3n) is 6.67. The predicted octanol–water partition coefficient (Wildman–Crippen LogP) is 4.22. The molecule has 0 saturated carbocycles. The van der Waals surface area contributed by atoms with Crippen molar-refractivity contribution in [3.63, 3.8) is 0 Å². The number of carbonyl (C=O) groups is 1. The molecule has 0 aliphatic carbocycles. The number of carbonyl (C=O) groups excluding carboxylic acids is 1. The molecule has 8 nitrogen and oxygen atoms in total. The van der Waals surface area contributed by atoms with E-state index in [2.05, 4.69) is 32.1 Å². The van der Waals surface area contributed by atoms with E-state index in [0.717, 1.165) is 36.2 Å². The van der Waals surface area contributed by atoms with E-state index >= 15 is 0 Å². The first-order chi connectivity index (χ1) is 17.1. The van der Waals surface area contributed by atoms with Gasteiger partial charge in [-0.15, -0.1) is 0 Å². The third-order valence-corrected chi connectivity index (χ3v) is 6.67. The van der Waals surface area contributed by atoms with Crippen molar-refractivity contribution in [2.45, 2.75) is 25.8 Å². The number of H-pyrrole nitrogens is 1. The Balaban J connectivity index is 1.40. The van der Waals surface area contributed by atoms with Crippen LogP contribution in [-0.4, -0.2) is 63.7 Å². The minimum Gasteiger partial charge on any atom is -0.507 e. The van der Waals surface area contributed by atoms with E-state index in [1.54, 1.807) is 31.5 Å². The number of phenols is 1. The van der Waals surface area contributed by atoms with Gasteiger partial charge in [0.25, 0.3) is 5.91 Å². The number of nitrogens with zero attached hydrogens (tertiary/aromatic N) is 3. The van der Waals surface area contributed by atoms with Crippen molar-refractivity contribution < 1.29 is 14.6 Å². The third kappa shape index (κ3) is 4.57. The zero-order valence-electron chi connectivity index (χ0n) is 19.9. The highest BCUT2D eigenvalue weighted by molar-refractivity contribution is 5.97. The zero-order valence-corrected chi connectivity index (χ0v) is 19.9. The quantitative estimate of drug-likeness (QED) is 0.373. The van der Waals surface area contributed by atoms with E-state index in [9.17, 15) is 9.90 Å². The normalized spacial score (nSPS) is 16.0. The van der Waals surface area contributed by atoms with Gasteiger partial charge in [-0.1, -0.05) is 13.0 Å². The number of pyridine rings is 1. The topological polar surface area (TPSA) is 103 Å². The van der Waals surface area contributed by atoms with Crippen LogP contribution in [-0.2, 0) is 0 Å². The molecule has 1 saturated heterocycles. The fourth-order valence-corrected chi connectivity index (χ4v) is 4.80. The maximum absolute atomic E-state index is 12.8. The lowest BCUT2D eigenvalue weighted by Crippen LogP contribution is -2.40. The fourth-order valence-electron chi connectivity index (χ4n) is 4.80. The molecule has 1 fully saturated rings. The lowest BCUT2D eigenvalue weighted by Gasteiger charge is -2.22. The molecule has 0 spiro atoms. The molecule has 1 atom stereocenters. The van der Waals surface area contributed by atoms with Crippen molar-refractivity contribution in [3.8, 4) is 34.1 Å². The molecule has 4 aromatic rings. The summed E-state index contributed by atoms with van der Waals surface area (Å²) in [6.45, 7) is 4.91. The number of aromatic amines is 1. The average molecular weight is 472 g/mol. The number of likely N-dealkylation sites (tertiary alicyclic amines) is 1. The number of ether oxygens (including phenoxy) is 1. The number of likely N-dealkylation sites (N-methyl/N-ethyl adjacent to an activating group) is 1. The highest BCUT2D eigenvalue weighted by Crippen LogP contribution is 2.35. The van der Waals surface area contributed by atoms with Crippen molar-refractivity contribution in [1.29, 1.82) is 0 Å². The molecule has 3 N–H and O–H groups in total. The Kier molecular flexibility index (Phi) is 6.37. The van der Waals surface area contributed by atoms with Crippen molar-refractivity contribution in [2.75, 3.05) is 26.7 Å². The van der Waals surface area contributed by atoms with E-state index in [1.807, 2.05) is 30.3 Å². The van der Waals surface area contributed by atoms with E-state index in [4.69, 9.17) is 4.74 Å². The molecule has 3 heterocycles. The van der Waals surface area contributed by atoms with Crippen molar-refractivity contribution in [2.24, 2.45) is 0 Å². The van der Waals surface area contributed by atoms with Gasteiger partial charge in [0.2, 0.25) is 5.88 Å². The standard InChI is InChI=1S/C27H29N5O3/c1-3-32-13-5-6-19(32)16-29-26(34)18-8-10-22-23(15-18)31-25(30-22)21-14-17(9-11-24(21)33)20-7-4-12-28-27(20)35-2/h4,7-12,14-15,19,33H,3,5-6,13,16H2,1-2H3,(H,29,34)(H,30,31). The number of benzene rings is 2. The fraction of sp³-hybridized carbons (Fsp3) is 0.296. The number of fused-ring (bicyclic) bond motifs is 1. The number of hydrogen-bond donors (Lipinski definition) is 3. The van der Waals surface area contributed by atoms with Gasteiger partial charge < -0.3 is 20.1 Å². The molecule has 2 aromatic heterocycles. The number of phenolic OH excluding ortho intramolecular Hbond substituents is 1. The summed E-state index contributed by atoms with van der Waals surface area (Å²) in [6, 6.07) is 14.9. The predicted molar refractivity (Wildman–Crippen MR) is 136 cm³/mol. The second-order valence-corrected chi connectivity index (χ2v) is 8.74. The first kappa shape index (κ1) is 22.9. The van der Waals surface area contributed by atoms with Crippen LogP contribution in [0.1, 0.15) is 30.1 Å². The minimum atomic E-state index is -0.0977. The SMILES string of the molecule is CCN1CCCC1CNC(=O)c1ccc2nc(-c3cc(-c4cccnc4OC)ccc3O)[nH]c2c1. The Hall–Kier alpha value is -3.91. The molecule has 5 rings (SSSR count). The van der Waals surface area contributed by atoms with Gasteiger partial charge in [-0.25, -0.2) is 9.97 Å². The molecule has 1 amide bonds. The van der Waals surface area contributed by atoms with Crippen LogP contribution in [0.15, 0.2) is 54.7 Å². The van der Waals surface area contributed by atoms with E-state index in [-0.39, 0.29) is 11.7 Å². The number of rotatable bonds is 7. The van der Waals surface area contributed by atoms with Crippen LogP contribution in [0.4, 0.5) is 0 Å². The van der Waals surface area contributed by atoms with Gasteiger partial charge in [-0.2, -0.15) is 0 Å². The van der Waals surface area contributed by atoms with Gasteiger partial charge in [-0.05, 0) is 74.0 Å². The lowest BCUT2D eigenvalue weighted by atomic mass is 10.0. The summed E-state index contributed by atoms with van der Waals surface area (Å²) in [6.07, 6.45) is 3.97. The first-order valence-electron chi connectivity index (χ1n) is 11.9. The van der Waals surface area contributed by atoms with Gasteiger partial charge in [0.15, 0.2) is 0 Å². The average Bonchev–Trinajstić information content (AvgIpc) is 3.53. The summed E-state index contributed by atoms with van der Waals surface area (Å²) in [4.78, 5) is 27.4. The molecule has 1 aliphatic rings. The Morgan fingerprint density at radius 1 is 1.23 bits per heavy atom.